The van der Waals surface area contributed by atoms with E-state index in [1.54, 1.807) is 12.2 Å². The van der Waals surface area contributed by atoms with Crippen molar-refractivity contribution in [3.8, 4) is 0 Å². The van der Waals surface area contributed by atoms with Crippen LogP contribution in [0.5, 0.6) is 0 Å². The van der Waals surface area contributed by atoms with Crippen LogP contribution >= 0.6 is 0 Å². The summed E-state index contributed by atoms with van der Waals surface area (Å²) in [6.07, 6.45) is 9.02. The maximum Gasteiger partial charge on any atom is 0.275 e. The van der Waals surface area contributed by atoms with Gasteiger partial charge in [0, 0.05) is 16.9 Å². The van der Waals surface area contributed by atoms with Gasteiger partial charge >= 0.3 is 0 Å². The van der Waals surface area contributed by atoms with E-state index in [0.29, 0.717) is 18.4 Å². The minimum Gasteiger partial charge on any atom is -0.286 e. The molecule has 0 N–H and O–H groups in total. The molecular formula is C11H11NO3. The average Bonchev–Trinajstić information content (AvgIpc) is 2.43. The first-order valence-electron chi connectivity index (χ1n) is 4.93. The van der Waals surface area contributed by atoms with Crippen LogP contribution in [-0.2, 0) is 4.79 Å². The van der Waals surface area contributed by atoms with Gasteiger partial charge in [-0.2, -0.15) is 0 Å². The van der Waals surface area contributed by atoms with Gasteiger partial charge in [-0.25, -0.2) is 0 Å². The third kappa shape index (κ3) is 1.75. The zero-order chi connectivity index (χ0) is 10.8. The van der Waals surface area contributed by atoms with Crippen LogP contribution in [0.25, 0.3) is 0 Å². The van der Waals surface area contributed by atoms with Crippen molar-refractivity contribution in [2.75, 3.05) is 0 Å². The van der Waals surface area contributed by atoms with Crippen molar-refractivity contribution in [3.63, 3.8) is 0 Å². The lowest BCUT2D eigenvalue weighted by atomic mass is 9.86. The highest BCUT2D eigenvalue weighted by Crippen LogP contribution is 2.28. The summed E-state index contributed by atoms with van der Waals surface area (Å²) in [4.78, 5) is 21.9. The summed E-state index contributed by atoms with van der Waals surface area (Å²) in [5.74, 6) is -0.332. The van der Waals surface area contributed by atoms with Gasteiger partial charge in [0.25, 0.3) is 6.04 Å². The zero-order valence-electron chi connectivity index (χ0n) is 8.18. The first-order chi connectivity index (χ1) is 7.20. The third-order valence-corrected chi connectivity index (χ3v) is 2.80. The van der Waals surface area contributed by atoms with Crippen LogP contribution in [0.4, 0.5) is 0 Å². The smallest absolute Gasteiger partial charge is 0.275 e. The fraction of sp³-hybridized carbons (Fsp3) is 0.364. The first-order valence-corrected chi connectivity index (χ1v) is 4.93. The molecular weight excluding hydrogens is 194 g/mol. The first kappa shape index (κ1) is 9.83. The van der Waals surface area contributed by atoms with Crippen LogP contribution in [0.15, 0.2) is 35.5 Å². The highest BCUT2D eigenvalue weighted by atomic mass is 16.6. The Morgan fingerprint density at radius 1 is 1.40 bits per heavy atom. The average molecular weight is 205 g/mol. The number of hydrogen-bond acceptors (Lipinski definition) is 3. The Hall–Kier alpha value is -1.71. The lowest BCUT2D eigenvalue weighted by Crippen LogP contribution is -2.33. The van der Waals surface area contributed by atoms with E-state index in [2.05, 4.69) is 0 Å². The maximum atomic E-state index is 11.8. The number of carbonyl (C=O) groups is 1. The van der Waals surface area contributed by atoms with Gasteiger partial charge in [-0.15, -0.1) is 0 Å². The summed E-state index contributed by atoms with van der Waals surface area (Å²) >= 11 is 0. The lowest BCUT2D eigenvalue weighted by molar-refractivity contribution is -0.508. The SMILES string of the molecule is O=C1C2=C(CC=CC=C2)CCC1[N+](=O)[O-]. The highest BCUT2D eigenvalue weighted by Gasteiger charge is 2.36. The molecule has 0 amide bonds. The molecule has 0 aliphatic heterocycles. The molecule has 0 saturated carbocycles. The van der Waals surface area contributed by atoms with Crippen LogP contribution in [0.2, 0.25) is 0 Å². The molecule has 2 aliphatic carbocycles. The van der Waals surface area contributed by atoms with Gasteiger partial charge in [-0.3, -0.25) is 14.9 Å². The van der Waals surface area contributed by atoms with Gasteiger partial charge in [0.1, 0.15) is 0 Å². The zero-order valence-corrected chi connectivity index (χ0v) is 8.18. The minimum absolute atomic E-state index is 0.332. The Balaban J connectivity index is 2.34. The van der Waals surface area contributed by atoms with Gasteiger partial charge < -0.3 is 0 Å². The Labute approximate surface area is 87.1 Å². The summed E-state index contributed by atoms with van der Waals surface area (Å²) < 4.78 is 0. The van der Waals surface area contributed by atoms with Gasteiger partial charge in [0.05, 0.1) is 0 Å². The van der Waals surface area contributed by atoms with E-state index >= 15 is 0 Å². The predicted octanol–water partition coefficient (Wildman–Crippen LogP) is 1.81. The van der Waals surface area contributed by atoms with Crippen molar-refractivity contribution < 1.29 is 9.72 Å². The van der Waals surface area contributed by atoms with E-state index in [-0.39, 0.29) is 5.78 Å². The number of nitro groups is 1. The number of Topliss-reactive ketones (excluding diaryl/α,β-unsaturated/α-hetero) is 1. The molecule has 2 rings (SSSR count). The summed E-state index contributed by atoms with van der Waals surface area (Å²) in [5.41, 5.74) is 1.58. The topological polar surface area (TPSA) is 60.2 Å². The standard InChI is InChI=1S/C11H11NO3/c13-11-9-5-3-1-2-4-8(9)6-7-10(11)12(14)15/h1-3,5,10H,4,6-7H2. The molecule has 0 radical (unpaired) electrons. The number of allylic oxidation sites excluding steroid dienone is 5. The van der Waals surface area contributed by atoms with Gasteiger partial charge in [-0.05, 0) is 12.8 Å². The third-order valence-electron chi connectivity index (χ3n) is 2.80. The van der Waals surface area contributed by atoms with Crippen LogP contribution in [0.3, 0.4) is 0 Å². The fourth-order valence-electron chi connectivity index (χ4n) is 1.98. The van der Waals surface area contributed by atoms with E-state index < -0.39 is 11.0 Å². The molecule has 1 unspecified atom stereocenters. The van der Waals surface area contributed by atoms with Gasteiger partial charge in [-0.1, -0.05) is 29.9 Å². The Bertz CT molecular complexity index is 404. The summed E-state index contributed by atoms with van der Waals surface area (Å²) in [7, 11) is 0. The Morgan fingerprint density at radius 3 is 2.93 bits per heavy atom. The second-order valence-electron chi connectivity index (χ2n) is 3.71. The second kappa shape index (κ2) is 3.81. The molecule has 15 heavy (non-hydrogen) atoms. The normalized spacial score (nSPS) is 25.1. The van der Waals surface area contributed by atoms with Crippen molar-refractivity contribution in [2.45, 2.75) is 25.3 Å². The molecule has 0 aromatic rings. The number of carbonyl (C=O) groups excluding carboxylic acids is 1. The molecule has 4 nitrogen and oxygen atoms in total. The summed E-state index contributed by atoms with van der Waals surface area (Å²) in [5, 5.41) is 10.6. The molecule has 0 heterocycles. The number of nitrogens with zero attached hydrogens (tertiary/aromatic N) is 1. The molecule has 0 aromatic heterocycles. The van der Waals surface area contributed by atoms with Crippen molar-refractivity contribution in [1.29, 1.82) is 0 Å². The monoisotopic (exact) mass is 205 g/mol. The summed E-state index contributed by atoms with van der Waals surface area (Å²) in [6.45, 7) is 0. The molecule has 1 atom stereocenters. The number of hydrogen-bond donors (Lipinski definition) is 0. The van der Waals surface area contributed by atoms with Crippen molar-refractivity contribution in [3.05, 3.63) is 45.6 Å². The minimum atomic E-state index is -1.04. The molecule has 0 aromatic carbocycles. The van der Waals surface area contributed by atoms with Crippen LogP contribution in [0.1, 0.15) is 19.3 Å². The van der Waals surface area contributed by atoms with E-state index in [9.17, 15) is 14.9 Å². The molecule has 0 fully saturated rings. The van der Waals surface area contributed by atoms with Crippen molar-refractivity contribution in [1.82, 2.24) is 0 Å². The Kier molecular flexibility index (Phi) is 2.49. The molecule has 78 valence electrons. The van der Waals surface area contributed by atoms with Crippen molar-refractivity contribution >= 4 is 5.78 Å². The van der Waals surface area contributed by atoms with Gasteiger partial charge in [0.2, 0.25) is 5.78 Å². The van der Waals surface area contributed by atoms with Crippen LogP contribution < -0.4 is 0 Å². The molecule has 4 heteroatoms. The van der Waals surface area contributed by atoms with E-state index in [1.807, 2.05) is 12.2 Å². The number of ketones is 1. The van der Waals surface area contributed by atoms with E-state index in [4.69, 9.17) is 0 Å². The van der Waals surface area contributed by atoms with Crippen LogP contribution in [0, 0.1) is 10.1 Å². The highest BCUT2D eigenvalue weighted by molar-refractivity contribution is 6.02. The quantitative estimate of drug-likeness (QED) is 0.484. The molecule has 0 saturated heterocycles. The fourth-order valence-corrected chi connectivity index (χ4v) is 1.98. The second-order valence-corrected chi connectivity index (χ2v) is 3.71. The summed E-state index contributed by atoms with van der Waals surface area (Å²) in [6, 6.07) is -1.04. The molecule has 2 aliphatic rings. The maximum absolute atomic E-state index is 11.8. The van der Waals surface area contributed by atoms with Gasteiger partial charge in [0.15, 0.2) is 0 Å². The van der Waals surface area contributed by atoms with E-state index in [0.717, 1.165) is 12.0 Å². The largest absolute Gasteiger partial charge is 0.286 e. The van der Waals surface area contributed by atoms with Crippen molar-refractivity contribution in [2.24, 2.45) is 0 Å². The predicted molar refractivity (Wildman–Crippen MR) is 54.9 cm³/mol. The molecule has 0 spiro atoms. The molecule has 0 bridgehead atoms. The van der Waals surface area contributed by atoms with E-state index in [1.165, 1.54) is 0 Å². The van der Waals surface area contributed by atoms with Crippen LogP contribution in [-0.4, -0.2) is 16.7 Å². The Morgan fingerprint density at radius 2 is 2.20 bits per heavy atom. The number of rotatable bonds is 1. The lowest BCUT2D eigenvalue weighted by Gasteiger charge is -2.18.